The van der Waals surface area contributed by atoms with E-state index in [-0.39, 0.29) is 0 Å². The standard InChI is InChI=1S/C48H48N2O2/c1-51-47-9-5-3-7-41(47)43-29-33-11-13-35-17-21-39(25-23-37(43)19-15-33)45(31-35)49-27-28-50-46-32-36-14-12-34-16-20-38(24-26-40(46)22-18-36)44(30-34)42-8-4-6-10-48(42)52-2/h3-10,15-22,29-32,49-50H,11-14,23-28H2,1-2H3. The number of ether oxygens (including phenoxy) is 2. The van der Waals surface area contributed by atoms with E-state index in [1.807, 2.05) is 12.1 Å². The van der Waals surface area contributed by atoms with Crippen LogP contribution >= 0.6 is 0 Å². The number of benzene rings is 6. The van der Waals surface area contributed by atoms with Crippen molar-refractivity contribution in [2.75, 3.05) is 37.9 Å². The number of aryl methyl sites for hydroxylation is 8. The third-order valence-electron chi connectivity index (χ3n) is 11.0. The van der Waals surface area contributed by atoms with Gasteiger partial charge in [0, 0.05) is 35.6 Å². The van der Waals surface area contributed by atoms with Gasteiger partial charge in [0.05, 0.1) is 14.2 Å². The van der Waals surface area contributed by atoms with Crippen LogP contribution < -0.4 is 20.1 Å². The summed E-state index contributed by atoms with van der Waals surface area (Å²) in [6, 6.07) is 45.0. The van der Waals surface area contributed by atoms with Gasteiger partial charge in [-0.3, -0.25) is 0 Å². The molecule has 4 nitrogen and oxygen atoms in total. The van der Waals surface area contributed by atoms with Crippen molar-refractivity contribution in [3.05, 3.63) is 166 Å². The van der Waals surface area contributed by atoms with Gasteiger partial charge in [0.25, 0.3) is 0 Å². The molecule has 0 saturated carbocycles. The Labute approximate surface area is 308 Å². The Morgan fingerprint density at radius 3 is 1.17 bits per heavy atom. The van der Waals surface area contributed by atoms with E-state index in [0.717, 1.165) is 76.0 Å². The molecule has 0 unspecified atom stereocenters. The lowest BCUT2D eigenvalue weighted by atomic mass is 9.89. The van der Waals surface area contributed by atoms with Gasteiger partial charge in [-0.2, -0.15) is 0 Å². The SMILES string of the molecule is COc1ccccc1-c1cc2ccc1CCc1ccc(cc1NCCNc1cc3ccc1CCc1ccc(cc1-c1ccccc1OC)CC3)CC2. The first-order valence-electron chi connectivity index (χ1n) is 18.9. The molecule has 0 heterocycles. The van der Waals surface area contributed by atoms with Gasteiger partial charge in [0.15, 0.2) is 0 Å². The van der Waals surface area contributed by atoms with Gasteiger partial charge in [-0.05, 0) is 131 Å². The van der Waals surface area contributed by atoms with Gasteiger partial charge in [-0.25, -0.2) is 0 Å². The third-order valence-corrected chi connectivity index (χ3v) is 11.0. The van der Waals surface area contributed by atoms with Crippen LogP contribution in [0, 0.1) is 0 Å². The Hall–Kier alpha value is -5.48. The van der Waals surface area contributed by atoms with Crippen molar-refractivity contribution in [1.29, 1.82) is 0 Å². The highest BCUT2D eigenvalue weighted by Crippen LogP contribution is 2.36. The van der Waals surface area contributed by atoms with Crippen LogP contribution in [0.4, 0.5) is 11.4 Å². The number of para-hydroxylation sites is 2. The van der Waals surface area contributed by atoms with Crippen LogP contribution in [-0.4, -0.2) is 27.3 Å². The van der Waals surface area contributed by atoms with Crippen LogP contribution in [0.1, 0.15) is 44.5 Å². The predicted octanol–water partition coefficient (Wildman–Crippen LogP) is 10.3. The zero-order valence-electron chi connectivity index (χ0n) is 30.4. The second-order valence-corrected chi connectivity index (χ2v) is 14.2. The van der Waals surface area contributed by atoms with Gasteiger partial charge in [0.1, 0.15) is 11.5 Å². The van der Waals surface area contributed by atoms with Crippen LogP contribution in [0.25, 0.3) is 22.3 Å². The molecule has 2 N–H and O–H groups in total. The molecular formula is C48H48N2O2. The van der Waals surface area contributed by atoms with Crippen molar-refractivity contribution in [3.8, 4) is 33.8 Å². The highest BCUT2D eigenvalue weighted by atomic mass is 16.5. The van der Waals surface area contributed by atoms with E-state index in [9.17, 15) is 0 Å². The number of rotatable bonds is 9. The smallest absolute Gasteiger partial charge is 0.126 e. The number of nitrogens with one attached hydrogen (secondary N) is 2. The molecule has 0 atom stereocenters. The monoisotopic (exact) mass is 684 g/mol. The maximum atomic E-state index is 5.78. The molecule has 262 valence electrons. The number of anilines is 2. The average Bonchev–Trinajstić information content (AvgIpc) is 3.18. The van der Waals surface area contributed by atoms with Gasteiger partial charge >= 0.3 is 0 Å². The van der Waals surface area contributed by atoms with Crippen LogP contribution in [0.2, 0.25) is 0 Å². The molecule has 14 rings (SSSR count). The molecule has 0 amide bonds. The maximum absolute atomic E-state index is 5.78. The van der Waals surface area contributed by atoms with Crippen LogP contribution in [0.5, 0.6) is 11.5 Å². The summed E-state index contributed by atoms with van der Waals surface area (Å²) in [6.45, 7) is 1.69. The second kappa shape index (κ2) is 15.4. The van der Waals surface area contributed by atoms with Gasteiger partial charge in [0.2, 0.25) is 0 Å². The summed E-state index contributed by atoms with van der Waals surface area (Å²) in [4.78, 5) is 0. The minimum absolute atomic E-state index is 0.846. The summed E-state index contributed by atoms with van der Waals surface area (Å²) < 4.78 is 11.6. The fourth-order valence-electron chi connectivity index (χ4n) is 8.06. The molecule has 0 radical (unpaired) electrons. The minimum atomic E-state index is 0.846. The molecule has 0 aromatic heterocycles. The van der Waals surface area contributed by atoms with Gasteiger partial charge < -0.3 is 20.1 Å². The van der Waals surface area contributed by atoms with Crippen molar-refractivity contribution in [3.63, 3.8) is 0 Å². The first-order chi connectivity index (χ1) is 25.6. The highest BCUT2D eigenvalue weighted by molar-refractivity contribution is 5.75. The van der Waals surface area contributed by atoms with Crippen molar-refractivity contribution < 1.29 is 9.47 Å². The molecule has 6 aromatic carbocycles. The zero-order chi connectivity index (χ0) is 35.3. The average molecular weight is 685 g/mol. The lowest BCUT2D eigenvalue weighted by Gasteiger charge is -2.20. The Morgan fingerprint density at radius 2 is 0.750 bits per heavy atom. The topological polar surface area (TPSA) is 42.5 Å². The molecule has 0 aliphatic heterocycles. The van der Waals surface area contributed by atoms with Crippen molar-refractivity contribution in [2.45, 2.75) is 51.4 Å². The zero-order valence-corrected chi connectivity index (χ0v) is 30.4. The van der Waals surface area contributed by atoms with Crippen molar-refractivity contribution >= 4 is 11.4 Å². The molecule has 8 bridgehead atoms. The van der Waals surface area contributed by atoms with E-state index in [1.54, 1.807) is 14.2 Å². The van der Waals surface area contributed by atoms with Crippen LogP contribution in [-0.2, 0) is 51.4 Å². The Morgan fingerprint density at radius 1 is 0.385 bits per heavy atom. The highest BCUT2D eigenvalue weighted by Gasteiger charge is 2.16. The predicted molar refractivity (Wildman–Crippen MR) is 216 cm³/mol. The lowest BCUT2D eigenvalue weighted by Crippen LogP contribution is -2.16. The molecule has 52 heavy (non-hydrogen) atoms. The summed E-state index contributed by atoms with van der Waals surface area (Å²) in [7, 11) is 3.53. The van der Waals surface area contributed by atoms with E-state index in [1.165, 1.54) is 78.1 Å². The summed E-state index contributed by atoms with van der Waals surface area (Å²) in [6.07, 6.45) is 7.92. The largest absolute Gasteiger partial charge is 0.496 e. The number of methoxy groups -OCH3 is 2. The van der Waals surface area contributed by atoms with Crippen LogP contribution in [0.15, 0.2) is 121 Å². The molecule has 0 saturated heterocycles. The lowest BCUT2D eigenvalue weighted by molar-refractivity contribution is 0.416. The molecule has 0 fully saturated rings. The molecule has 6 aromatic rings. The Kier molecular flexibility index (Phi) is 9.97. The van der Waals surface area contributed by atoms with Crippen molar-refractivity contribution in [1.82, 2.24) is 0 Å². The number of hydrogen-bond acceptors (Lipinski definition) is 4. The summed E-state index contributed by atoms with van der Waals surface area (Å²) in [5.74, 6) is 1.86. The molecule has 8 aliphatic carbocycles. The second-order valence-electron chi connectivity index (χ2n) is 14.2. The first-order valence-corrected chi connectivity index (χ1v) is 18.9. The van der Waals surface area contributed by atoms with Crippen molar-refractivity contribution in [2.24, 2.45) is 0 Å². The summed E-state index contributed by atoms with van der Waals surface area (Å²) in [5, 5.41) is 7.69. The van der Waals surface area contributed by atoms with Gasteiger partial charge in [-0.15, -0.1) is 0 Å². The first kappa shape index (κ1) is 33.7. The minimum Gasteiger partial charge on any atom is -0.496 e. The third kappa shape index (κ3) is 7.29. The molecular weight excluding hydrogens is 637 g/mol. The normalized spacial score (nSPS) is 13.5. The van der Waals surface area contributed by atoms with Gasteiger partial charge in [-0.1, -0.05) is 97.1 Å². The number of hydrogen-bond donors (Lipinski definition) is 2. The van der Waals surface area contributed by atoms with E-state index < -0.39 is 0 Å². The molecule has 4 heteroatoms. The summed E-state index contributed by atoms with van der Waals surface area (Å²) in [5.41, 5.74) is 18.4. The van der Waals surface area contributed by atoms with E-state index in [0.29, 0.717) is 0 Å². The van der Waals surface area contributed by atoms with E-state index in [2.05, 4.69) is 120 Å². The fourth-order valence-corrected chi connectivity index (χ4v) is 8.06. The molecule has 0 spiro atoms. The van der Waals surface area contributed by atoms with E-state index in [4.69, 9.17) is 9.47 Å². The Bertz CT molecular complexity index is 2050. The molecule has 8 aliphatic rings. The van der Waals surface area contributed by atoms with Crippen LogP contribution in [0.3, 0.4) is 0 Å². The quantitative estimate of drug-likeness (QED) is 0.149. The maximum Gasteiger partial charge on any atom is 0.126 e. The Balaban J connectivity index is 0.971. The fraction of sp³-hybridized carbons (Fsp3) is 0.250. The summed E-state index contributed by atoms with van der Waals surface area (Å²) >= 11 is 0. The van der Waals surface area contributed by atoms with E-state index >= 15 is 0 Å².